The Hall–Kier alpha value is -0.330. The monoisotopic (exact) mass is 818 g/mol. The zero-order valence-corrected chi connectivity index (χ0v) is 30.8. The van der Waals surface area contributed by atoms with Crippen LogP contribution in [0.4, 0.5) is 0 Å². The van der Waals surface area contributed by atoms with E-state index < -0.39 is 0 Å². The minimum Gasteiger partial charge on any atom is -1.00 e. The Bertz CT molecular complexity index is 1040. The van der Waals surface area contributed by atoms with Crippen molar-refractivity contribution in [3.05, 3.63) is 45.4 Å². The Morgan fingerprint density at radius 2 is 0.925 bits per heavy atom. The lowest BCUT2D eigenvalue weighted by Crippen LogP contribution is -3.00. The first-order valence-corrected chi connectivity index (χ1v) is 15.2. The van der Waals surface area contributed by atoms with Crippen LogP contribution in [-0.2, 0) is 0 Å². The maximum Gasteiger partial charge on any atom is 0.194 e. The van der Waals surface area contributed by atoms with Gasteiger partial charge in [-0.1, -0.05) is 37.0 Å². The molecule has 1 aliphatic carbocycles. The number of carbonyl (C=O) groups is 1. The van der Waals surface area contributed by atoms with Crippen LogP contribution in [0.15, 0.2) is 24.3 Å². The molecule has 226 valence electrons. The van der Waals surface area contributed by atoms with E-state index >= 15 is 0 Å². The summed E-state index contributed by atoms with van der Waals surface area (Å²) in [7, 11) is 0. The molecule has 2 aromatic rings. The minimum atomic E-state index is -0.0468. The first-order chi connectivity index (χ1) is 18.2. The number of benzene rings is 2. The van der Waals surface area contributed by atoms with Crippen molar-refractivity contribution in [2.75, 3.05) is 65.6 Å². The van der Waals surface area contributed by atoms with Gasteiger partial charge in [0.05, 0.1) is 49.3 Å². The summed E-state index contributed by atoms with van der Waals surface area (Å²) in [5.74, 6) is 1.06. The van der Waals surface area contributed by atoms with Crippen LogP contribution >= 0.6 is 23.2 Å². The van der Waals surface area contributed by atoms with Gasteiger partial charge in [0.2, 0.25) is 0 Å². The SMILES string of the molecule is CCC[N+](CC)(CC)CCOc1cc2c(cc1Cl)-c1cc(Cl)c(OCC[N+](CC)(CC)CCC)cc1C2=O.[I-].[I-]. The van der Waals surface area contributed by atoms with Gasteiger partial charge in [0.1, 0.15) is 37.8 Å². The largest absolute Gasteiger partial charge is 1.00 e. The lowest BCUT2D eigenvalue weighted by molar-refractivity contribution is -0.924. The van der Waals surface area contributed by atoms with Crippen molar-refractivity contribution in [1.29, 1.82) is 0 Å². The van der Waals surface area contributed by atoms with Gasteiger partial charge in [-0.3, -0.25) is 4.79 Å². The lowest BCUT2D eigenvalue weighted by atomic mass is 10.1. The Morgan fingerprint density at radius 1 is 0.575 bits per heavy atom. The average Bonchev–Trinajstić information content (AvgIpc) is 3.17. The molecule has 0 heterocycles. The fraction of sp³-hybridized carbons (Fsp3) is 0.581. The Balaban J connectivity index is 0.00000400. The van der Waals surface area contributed by atoms with Crippen LogP contribution in [0.5, 0.6) is 11.5 Å². The zero-order chi connectivity index (χ0) is 27.9. The van der Waals surface area contributed by atoms with Gasteiger partial charge in [0, 0.05) is 11.1 Å². The van der Waals surface area contributed by atoms with E-state index in [0.29, 0.717) is 45.9 Å². The molecule has 9 heteroatoms. The molecule has 0 saturated carbocycles. The molecule has 0 aromatic heterocycles. The van der Waals surface area contributed by atoms with E-state index in [1.807, 2.05) is 12.1 Å². The number of hydrogen-bond acceptors (Lipinski definition) is 3. The van der Waals surface area contributed by atoms with Crippen LogP contribution < -0.4 is 57.4 Å². The number of halogens is 4. The fourth-order valence-corrected chi connectivity index (χ4v) is 6.31. The predicted molar refractivity (Wildman–Crippen MR) is 159 cm³/mol. The average molecular weight is 819 g/mol. The number of ketones is 1. The summed E-state index contributed by atoms with van der Waals surface area (Å²) in [6.45, 7) is 22.8. The van der Waals surface area contributed by atoms with Crippen molar-refractivity contribution in [2.24, 2.45) is 0 Å². The van der Waals surface area contributed by atoms with Crippen LogP contribution in [0.3, 0.4) is 0 Å². The van der Waals surface area contributed by atoms with Gasteiger partial charge >= 0.3 is 0 Å². The van der Waals surface area contributed by atoms with Gasteiger partial charge < -0.3 is 66.4 Å². The van der Waals surface area contributed by atoms with Gasteiger partial charge in [-0.25, -0.2) is 0 Å². The molecule has 0 atom stereocenters. The minimum absolute atomic E-state index is 0. The molecule has 0 aliphatic heterocycles. The van der Waals surface area contributed by atoms with E-state index in [0.717, 1.165) is 85.3 Å². The summed E-state index contributed by atoms with van der Waals surface area (Å²) < 4.78 is 14.3. The number of likely N-dealkylation sites (N-methyl/N-ethyl adjacent to an activating group) is 2. The quantitative estimate of drug-likeness (QED) is 0.163. The summed E-state index contributed by atoms with van der Waals surface area (Å²) in [4.78, 5) is 13.4. The molecule has 0 unspecified atom stereocenters. The number of carbonyl (C=O) groups excluding carboxylic acids is 1. The molecule has 0 saturated heterocycles. The molecule has 0 N–H and O–H groups in total. The summed E-state index contributed by atoms with van der Waals surface area (Å²) >= 11 is 13.3. The maximum atomic E-state index is 13.4. The second-order valence-corrected chi connectivity index (χ2v) is 11.3. The van der Waals surface area contributed by atoms with Gasteiger partial charge in [-0.2, -0.15) is 0 Å². The van der Waals surface area contributed by atoms with Crippen molar-refractivity contribution in [3.63, 3.8) is 0 Å². The number of nitrogens with zero attached hydrogens (tertiary/aromatic N) is 2. The topological polar surface area (TPSA) is 35.5 Å². The highest BCUT2D eigenvalue weighted by atomic mass is 127. The molecular weight excluding hydrogens is 773 g/mol. The molecule has 0 spiro atoms. The molecule has 0 fully saturated rings. The first kappa shape index (κ1) is 37.7. The van der Waals surface area contributed by atoms with Crippen molar-refractivity contribution in [2.45, 2.75) is 54.4 Å². The van der Waals surface area contributed by atoms with Crippen LogP contribution in [0, 0.1) is 0 Å². The second kappa shape index (κ2) is 17.1. The van der Waals surface area contributed by atoms with E-state index in [9.17, 15) is 4.79 Å². The van der Waals surface area contributed by atoms with E-state index in [-0.39, 0.29) is 53.7 Å². The fourth-order valence-electron chi connectivity index (χ4n) is 5.88. The van der Waals surface area contributed by atoms with Gasteiger partial charge in [-0.05, 0) is 75.9 Å². The number of rotatable bonds is 16. The van der Waals surface area contributed by atoms with Crippen molar-refractivity contribution < 1.29 is 71.2 Å². The highest BCUT2D eigenvalue weighted by molar-refractivity contribution is 6.35. The van der Waals surface area contributed by atoms with E-state index in [4.69, 9.17) is 32.7 Å². The molecule has 0 radical (unpaired) electrons. The highest BCUT2D eigenvalue weighted by Crippen LogP contribution is 2.45. The van der Waals surface area contributed by atoms with Crippen LogP contribution in [-0.4, -0.2) is 80.3 Å². The second-order valence-electron chi connectivity index (χ2n) is 10.5. The van der Waals surface area contributed by atoms with E-state index in [2.05, 4.69) is 41.5 Å². The molecule has 5 nitrogen and oxygen atoms in total. The molecule has 1 aliphatic rings. The number of quaternary nitrogens is 2. The molecule has 0 bridgehead atoms. The molecule has 3 rings (SSSR count). The first-order valence-electron chi connectivity index (χ1n) is 14.4. The molecule has 2 aromatic carbocycles. The molecular formula is C31H46Cl2I2N2O3. The third-order valence-electron chi connectivity index (χ3n) is 8.65. The Kier molecular flexibility index (Phi) is 16.1. The Morgan fingerprint density at radius 3 is 1.23 bits per heavy atom. The van der Waals surface area contributed by atoms with Crippen LogP contribution in [0.25, 0.3) is 11.1 Å². The maximum absolute atomic E-state index is 13.4. The zero-order valence-electron chi connectivity index (χ0n) is 24.9. The van der Waals surface area contributed by atoms with Crippen LogP contribution in [0.1, 0.15) is 70.3 Å². The van der Waals surface area contributed by atoms with Crippen molar-refractivity contribution in [1.82, 2.24) is 0 Å². The normalized spacial score (nSPS) is 12.3. The van der Waals surface area contributed by atoms with Crippen LogP contribution in [0.2, 0.25) is 10.0 Å². The predicted octanol–water partition coefficient (Wildman–Crippen LogP) is 1.50. The van der Waals surface area contributed by atoms with Gasteiger partial charge in [-0.15, -0.1) is 0 Å². The van der Waals surface area contributed by atoms with Gasteiger partial charge in [0.25, 0.3) is 0 Å². The van der Waals surface area contributed by atoms with E-state index in [1.54, 1.807) is 12.1 Å². The standard InChI is InChI=1S/C31H46Cl2N2O3.2HI/c1-7-13-34(9-3,10-4)15-17-37-29-21-25-23(19-27(29)32)24-20-28(33)30(22-26(24)31(25)36)38-18-16-35(11-5,12-6)14-8-2;;/h19-22H,7-18H2,1-6H3;2*1H/q+2;;/p-2. The number of hydrogen-bond donors (Lipinski definition) is 0. The summed E-state index contributed by atoms with van der Waals surface area (Å²) in [5, 5.41) is 1.01. The van der Waals surface area contributed by atoms with E-state index in [1.165, 1.54) is 0 Å². The summed E-state index contributed by atoms with van der Waals surface area (Å²) in [5.41, 5.74) is 2.79. The Labute approximate surface area is 286 Å². The summed E-state index contributed by atoms with van der Waals surface area (Å²) in [6.07, 6.45) is 2.27. The third-order valence-corrected chi connectivity index (χ3v) is 9.24. The van der Waals surface area contributed by atoms with Crippen molar-refractivity contribution >= 4 is 29.0 Å². The highest BCUT2D eigenvalue weighted by Gasteiger charge is 2.31. The van der Waals surface area contributed by atoms with Crippen molar-refractivity contribution in [3.8, 4) is 22.6 Å². The van der Waals surface area contributed by atoms with Gasteiger partial charge in [0.15, 0.2) is 5.78 Å². The summed E-state index contributed by atoms with van der Waals surface area (Å²) in [6, 6.07) is 7.25. The smallest absolute Gasteiger partial charge is 0.194 e. The lowest BCUT2D eigenvalue weighted by Gasteiger charge is -2.36. The number of ether oxygens (including phenoxy) is 2. The molecule has 0 amide bonds. The number of fused-ring (bicyclic) bond motifs is 3. The molecule has 40 heavy (non-hydrogen) atoms. The third kappa shape index (κ3) is 8.40.